The van der Waals surface area contributed by atoms with E-state index in [-0.39, 0.29) is 37.6 Å². The van der Waals surface area contributed by atoms with E-state index in [0.29, 0.717) is 5.69 Å². The van der Waals surface area contributed by atoms with Gasteiger partial charge in [0.1, 0.15) is 25.0 Å². The van der Waals surface area contributed by atoms with Gasteiger partial charge in [0, 0.05) is 24.3 Å². The van der Waals surface area contributed by atoms with E-state index >= 15 is 0 Å². The zero-order valence-electron chi connectivity index (χ0n) is 18.8. The quantitative estimate of drug-likeness (QED) is 0.291. The molecule has 0 aliphatic carbocycles. The van der Waals surface area contributed by atoms with E-state index in [1.54, 1.807) is 6.07 Å². The molecule has 1 aliphatic rings. The molecule has 0 aromatic heterocycles. The van der Waals surface area contributed by atoms with Gasteiger partial charge in [0.2, 0.25) is 0 Å². The zero-order valence-corrected chi connectivity index (χ0v) is 18.8. The summed E-state index contributed by atoms with van der Waals surface area (Å²) in [6.45, 7) is -0.152. The van der Waals surface area contributed by atoms with E-state index in [9.17, 15) is 19.2 Å². The number of urea groups is 1. The molecule has 4 amide bonds. The number of piperazine rings is 1. The van der Waals surface area contributed by atoms with Gasteiger partial charge in [-0.3, -0.25) is 15.0 Å². The highest BCUT2D eigenvalue weighted by Gasteiger charge is 2.35. The van der Waals surface area contributed by atoms with Crippen LogP contribution < -0.4 is 16.4 Å². The van der Waals surface area contributed by atoms with Crippen LogP contribution >= 0.6 is 0 Å². The number of nitrogens with two attached hydrogens (primary N) is 1. The first-order valence-electron chi connectivity index (χ1n) is 10.7. The molecule has 12 nitrogen and oxygen atoms in total. The first kappa shape index (κ1) is 25.0. The summed E-state index contributed by atoms with van der Waals surface area (Å²) in [6.07, 6.45) is -0.569. The Balaban J connectivity index is 1.60. The number of hydrogen-bond acceptors (Lipinski definition) is 6. The molecule has 0 saturated carbocycles. The van der Waals surface area contributed by atoms with Gasteiger partial charge in [0.05, 0.1) is 6.54 Å². The fourth-order valence-electron chi connectivity index (χ4n) is 3.46. The van der Waals surface area contributed by atoms with Crippen LogP contribution in [0.1, 0.15) is 15.9 Å². The second-order valence-electron chi connectivity index (χ2n) is 7.74. The number of nitrogens with one attached hydrogen (secondary N) is 3. The van der Waals surface area contributed by atoms with Crippen LogP contribution in [-0.4, -0.2) is 77.0 Å². The van der Waals surface area contributed by atoms with Crippen molar-refractivity contribution in [1.82, 2.24) is 15.1 Å². The summed E-state index contributed by atoms with van der Waals surface area (Å²) < 4.78 is 5.34. The Kier molecular flexibility index (Phi) is 8.22. The van der Waals surface area contributed by atoms with Crippen LogP contribution in [-0.2, 0) is 16.1 Å². The lowest BCUT2D eigenvalue weighted by atomic mass is 10.1. The number of amidine groups is 1. The van der Waals surface area contributed by atoms with E-state index in [2.05, 4.69) is 10.6 Å². The minimum atomic E-state index is -1.18. The molecular weight excluding hydrogens is 456 g/mol. The topological polar surface area (TPSA) is 178 Å². The average Bonchev–Trinajstić information content (AvgIpc) is 2.86. The Morgan fingerprint density at radius 1 is 1.09 bits per heavy atom. The number of carbonyl (C=O) groups excluding carboxylic acids is 3. The third-order valence-electron chi connectivity index (χ3n) is 5.24. The highest BCUT2D eigenvalue weighted by molar-refractivity contribution is 5.99. The summed E-state index contributed by atoms with van der Waals surface area (Å²) in [6, 6.07) is 13.7. The molecule has 1 aliphatic heterocycles. The van der Waals surface area contributed by atoms with Gasteiger partial charge in [-0.1, -0.05) is 36.4 Å². The molecule has 1 unspecified atom stereocenters. The lowest BCUT2D eigenvalue weighted by Gasteiger charge is -2.40. The van der Waals surface area contributed by atoms with Crippen LogP contribution in [0.2, 0.25) is 0 Å². The maximum Gasteiger partial charge on any atom is 0.410 e. The highest BCUT2D eigenvalue weighted by Crippen LogP contribution is 2.16. The number of hydrogen-bond donors (Lipinski definition) is 5. The van der Waals surface area contributed by atoms with Crippen LogP contribution in [0.25, 0.3) is 0 Å². The number of ether oxygens (including phenoxy) is 1. The smallest absolute Gasteiger partial charge is 0.410 e. The Morgan fingerprint density at radius 2 is 1.83 bits per heavy atom. The Morgan fingerprint density at radius 3 is 2.51 bits per heavy atom. The van der Waals surface area contributed by atoms with E-state index in [4.69, 9.17) is 21.0 Å². The Hall–Kier alpha value is -4.61. The predicted molar refractivity (Wildman–Crippen MR) is 126 cm³/mol. The van der Waals surface area contributed by atoms with Crippen molar-refractivity contribution in [2.75, 3.05) is 31.5 Å². The molecule has 1 atom stereocenters. The summed E-state index contributed by atoms with van der Waals surface area (Å²) >= 11 is 0. The van der Waals surface area contributed by atoms with Crippen LogP contribution in [0, 0.1) is 5.41 Å². The number of carboxylic acid groups (broad SMARTS) is 1. The van der Waals surface area contributed by atoms with Crippen molar-refractivity contribution in [2.24, 2.45) is 5.73 Å². The van der Waals surface area contributed by atoms with Crippen molar-refractivity contribution in [2.45, 2.75) is 12.6 Å². The molecule has 2 aromatic carbocycles. The molecule has 1 fully saturated rings. The largest absolute Gasteiger partial charge is 0.480 e. The number of rotatable bonds is 7. The summed E-state index contributed by atoms with van der Waals surface area (Å²) in [5.41, 5.74) is 7.02. The maximum atomic E-state index is 12.9. The highest BCUT2D eigenvalue weighted by atomic mass is 16.6. The lowest BCUT2D eigenvalue weighted by Crippen LogP contribution is -2.61. The normalized spacial score (nSPS) is 15.1. The van der Waals surface area contributed by atoms with Crippen molar-refractivity contribution in [3.05, 3.63) is 65.7 Å². The molecule has 35 heavy (non-hydrogen) atoms. The van der Waals surface area contributed by atoms with Gasteiger partial charge in [-0.05, 0) is 23.8 Å². The van der Waals surface area contributed by atoms with Gasteiger partial charge in [0.25, 0.3) is 5.91 Å². The number of amides is 4. The number of aliphatic carboxylic acids is 1. The third kappa shape index (κ3) is 6.93. The summed E-state index contributed by atoms with van der Waals surface area (Å²) in [5.74, 6) is -2.07. The Bertz CT molecular complexity index is 1110. The van der Waals surface area contributed by atoms with Crippen molar-refractivity contribution in [3.8, 4) is 0 Å². The predicted octanol–water partition coefficient (Wildman–Crippen LogP) is 1.29. The fourth-order valence-corrected chi connectivity index (χ4v) is 3.46. The summed E-state index contributed by atoms with van der Waals surface area (Å²) in [4.78, 5) is 50.9. The molecule has 12 heteroatoms. The van der Waals surface area contributed by atoms with Crippen molar-refractivity contribution < 1.29 is 29.0 Å². The standard InChI is InChI=1S/C23H26N6O6/c24-20(25)18-13-28(23(34)35-14-15-5-2-1-3-6-15)9-10-29(18)22(33)27-17-8-4-7-16(11-17)21(32)26-12-19(30)31/h1-8,11,18H,9-10,12-14H2,(H3,24,25)(H,26,32)(H,27,33)(H,30,31). The SMILES string of the molecule is N=C(N)C1CN(C(=O)OCc2ccccc2)CCN1C(=O)Nc1cccc(C(=O)NCC(=O)O)c1. The monoisotopic (exact) mass is 482 g/mol. The van der Waals surface area contributed by atoms with E-state index < -0.39 is 36.6 Å². The van der Waals surface area contributed by atoms with Crippen LogP contribution in [0.5, 0.6) is 0 Å². The molecule has 2 aromatic rings. The van der Waals surface area contributed by atoms with E-state index in [0.717, 1.165) is 5.56 Å². The molecule has 1 saturated heterocycles. The van der Waals surface area contributed by atoms with Gasteiger partial charge >= 0.3 is 18.1 Å². The Labute approximate surface area is 201 Å². The van der Waals surface area contributed by atoms with Gasteiger partial charge in [-0.15, -0.1) is 0 Å². The first-order chi connectivity index (χ1) is 16.7. The van der Waals surface area contributed by atoms with Crippen LogP contribution in [0.15, 0.2) is 54.6 Å². The van der Waals surface area contributed by atoms with Crippen LogP contribution in [0.4, 0.5) is 15.3 Å². The first-order valence-corrected chi connectivity index (χ1v) is 10.7. The van der Waals surface area contributed by atoms with Crippen LogP contribution in [0.3, 0.4) is 0 Å². The second-order valence-corrected chi connectivity index (χ2v) is 7.74. The third-order valence-corrected chi connectivity index (χ3v) is 5.24. The fraction of sp³-hybridized carbons (Fsp3) is 0.261. The number of benzene rings is 2. The number of carboxylic acids is 1. The maximum absolute atomic E-state index is 12.9. The van der Waals surface area contributed by atoms with Crippen molar-refractivity contribution in [3.63, 3.8) is 0 Å². The van der Waals surface area contributed by atoms with Crippen molar-refractivity contribution >= 4 is 35.5 Å². The molecule has 3 rings (SSSR count). The molecule has 184 valence electrons. The van der Waals surface area contributed by atoms with Gasteiger partial charge in [0.15, 0.2) is 0 Å². The van der Waals surface area contributed by atoms with E-state index in [1.165, 1.54) is 28.0 Å². The van der Waals surface area contributed by atoms with Gasteiger partial charge in [-0.25, -0.2) is 9.59 Å². The zero-order chi connectivity index (χ0) is 25.4. The molecular formula is C23H26N6O6. The number of anilines is 1. The minimum Gasteiger partial charge on any atom is -0.480 e. The molecule has 0 spiro atoms. The second kappa shape index (κ2) is 11.5. The lowest BCUT2D eigenvalue weighted by molar-refractivity contribution is -0.135. The molecule has 0 bridgehead atoms. The summed E-state index contributed by atoms with van der Waals surface area (Å²) in [5, 5.41) is 21.5. The van der Waals surface area contributed by atoms with Gasteiger partial charge < -0.3 is 36.0 Å². The van der Waals surface area contributed by atoms with Gasteiger partial charge in [-0.2, -0.15) is 0 Å². The van der Waals surface area contributed by atoms with E-state index in [1.807, 2.05) is 30.3 Å². The molecule has 0 radical (unpaired) electrons. The summed E-state index contributed by atoms with van der Waals surface area (Å²) in [7, 11) is 0. The molecule has 1 heterocycles. The number of nitrogens with zero attached hydrogens (tertiary/aromatic N) is 2. The average molecular weight is 482 g/mol. The number of carbonyl (C=O) groups is 4. The minimum absolute atomic E-state index is 0.00594. The van der Waals surface area contributed by atoms with Crippen molar-refractivity contribution in [1.29, 1.82) is 5.41 Å². The molecule has 6 N–H and O–H groups in total.